The second-order valence-electron chi connectivity index (χ2n) is 5.46. The van der Waals surface area contributed by atoms with Gasteiger partial charge in [0.05, 0.1) is 22.9 Å². The molecule has 0 amide bonds. The van der Waals surface area contributed by atoms with Gasteiger partial charge in [0, 0.05) is 12.1 Å². The van der Waals surface area contributed by atoms with Gasteiger partial charge < -0.3 is 11.1 Å². The fraction of sp³-hybridized carbons (Fsp3) is 0.750. The number of aromatic nitrogens is 2. The van der Waals surface area contributed by atoms with E-state index in [1.165, 1.54) is 0 Å². The summed E-state index contributed by atoms with van der Waals surface area (Å²) in [5, 5.41) is 7.78. The van der Waals surface area contributed by atoms with Gasteiger partial charge in [0.1, 0.15) is 15.7 Å². The molecular formula is C12H22N4O2S. The molecule has 3 N–H and O–H groups in total. The largest absolute Gasteiger partial charge is 0.394 e. The first kappa shape index (κ1) is 14.2. The van der Waals surface area contributed by atoms with E-state index in [1.807, 2.05) is 25.5 Å². The Balaban J connectivity index is 2.16. The first-order valence-electron chi connectivity index (χ1n) is 6.61. The number of aryl methyl sites for hydroxylation is 1. The molecule has 108 valence electrons. The van der Waals surface area contributed by atoms with Crippen LogP contribution in [0.4, 0.5) is 11.5 Å². The lowest BCUT2D eigenvalue weighted by Gasteiger charge is -2.25. The van der Waals surface area contributed by atoms with E-state index in [1.54, 1.807) is 0 Å². The molecule has 1 aliphatic heterocycles. The predicted octanol–water partition coefficient (Wildman–Crippen LogP) is 1.34. The molecule has 6 nitrogen and oxygen atoms in total. The fourth-order valence-electron chi connectivity index (χ4n) is 2.31. The van der Waals surface area contributed by atoms with Crippen molar-refractivity contribution in [1.82, 2.24) is 9.78 Å². The average molecular weight is 286 g/mol. The molecule has 0 bridgehead atoms. The van der Waals surface area contributed by atoms with Gasteiger partial charge in [-0.25, -0.2) is 13.1 Å². The molecule has 0 aromatic carbocycles. The highest BCUT2D eigenvalue weighted by atomic mass is 32.2. The Labute approximate surface area is 114 Å². The molecule has 0 spiro atoms. The molecule has 1 fully saturated rings. The SMILES string of the molecule is Cc1nn(C(C)C)c(NC2CCS(=O)(=O)CC2)c1N. The van der Waals surface area contributed by atoms with Crippen LogP contribution in [0.1, 0.15) is 38.4 Å². The maximum Gasteiger partial charge on any atom is 0.150 e. The van der Waals surface area contributed by atoms with Crippen LogP contribution < -0.4 is 11.1 Å². The highest BCUT2D eigenvalue weighted by molar-refractivity contribution is 7.91. The number of rotatable bonds is 3. The van der Waals surface area contributed by atoms with Crippen LogP contribution in [0.15, 0.2) is 0 Å². The summed E-state index contributed by atoms with van der Waals surface area (Å²) < 4.78 is 24.7. The van der Waals surface area contributed by atoms with Gasteiger partial charge in [-0.3, -0.25) is 0 Å². The lowest BCUT2D eigenvalue weighted by atomic mass is 10.1. The lowest BCUT2D eigenvalue weighted by Crippen LogP contribution is -2.33. The number of sulfone groups is 1. The summed E-state index contributed by atoms with van der Waals surface area (Å²) in [4.78, 5) is 0. The van der Waals surface area contributed by atoms with Gasteiger partial charge in [0.25, 0.3) is 0 Å². The van der Waals surface area contributed by atoms with E-state index in [0.29, 0.717) is 18.5 Å². The molecule has 0 saturated carbocycles. The summed E-state index contributed by atoms with van der Waals surface area (Å²) in [6.45, 7) is 5.97. The predicted molar refractivity (Wildman–Crippen MR) is 77.1 cm³/mol. The minimum absolute atomic E-state index is 0.152. The molecule has 1 saturated heterocycles. The first-order chi connectivity index (χ1) is 8.80. The minimum Gasteiger partial charge on any atom is -0.394 e. The third-order valence-electron chi connectivity index (χ3n) is 3.52. The highest BCUT2D eigenvalue weighted by Crippen LogP contribution is 2.28. The number of nitrogens with zero attached hydrogens (tertiary/aromatic N) is 2. The van der Waals surface area contributed by atoms with Gasteiger partial charge in [-0.15, -0.1) is 0 Å². The molecule has 1 aromatic heterocycles. The number of hydrogen-bond acceptors (Lipinski definition) is 5. The van der Waals surface area contributed by atoms with E-state index in [4.69, 9.17) is 5.73 Å². The lowest BCUT2D eigenvalue weighted by molar-refractivity contribution is 0.522. The van der Waals surface area contributed by atoms with Crippen molar-refractivity contribution in [3.8, 4) is 0 Å². The third kappa shape index (κ3) is 3.02. The van der Waals surface area contributed by atoms with Crippen molar-refractivity contribution in [1.29, 1.82) is 0 Å². The Morgan fingerprint density at radius 3 is 2.47 bits per heavy atom. The van der Waals surface area contributed by atoms with E-state index in [-0.39, 0.29) is 23.6 Å². The van der Waals surface area contributed by atoms with Crippen molar-refractivity contribution in [3.63, 3.8) is 0 Å². The first-order valence-corrected chi connectivity index (χ1v) is 8.44. The molecule has 1 aromatic rings. The Kier molecular flexibility index (Phi) is 3.75. The number of nitrogen functional groups attached to an aromatic ring is 1. The molecule has 7 heteroatoms. The summed E-state index contributed by atoms with van der Waals surface area (Å²) in [6.07, 6.45) is 1.26. The summed E-state index contributed by atoms with van der Waals surface area (Å²) >= 11 is 0. The molecule has 0 radical (unpaired) electrons. The van der Waals surface area contributed by atoms with Crippen molar-refractivity contribution < 1.29 is 8.42 Å². The second kappa shape index (κ2) is 5.03. The zero-order chi connectivity index (χ0) is 14.2. The fourth-order valence-corrected chi connectivity index (χ4v) is 3.80. The van der Waals surface area contributed by atoms with Crippen LogP contribution in [0, 0.1) is 6.92 Å². The Morgan fingerprint density at radius 2 is 1.95 bits per heavy atom. The van der Waals surface area contributed by atoms with E-state index in [0.717, 1.165) is 11.5 Å². The molecular weight excluding hydrogens is 264 g/mol. The molecule has 19 heavy (non-hydrogen) atoms. The van der Waals surface area contributed by atoms with E-state index in [2.05, 4.69) is 10.4 Å². The molecule has 0 unspecified atom stereocenters. The smallest absolute Gasteiger partial charge is 0.150 e. The second-order valence-corrected chi connectivity index (χ2v) is 7.76. The number of nitrogens with one attached hydrogen (secondary N) is 1. The normalized spacial score (nSPS) is 19.8. The minimum atomic E-state index is -2.83. The quantitative estimate of drug-likeness (QED) is 0.875. The molecule has 2 rings (SSSR count). The maximum atomic E-state index is 11.4. The summed E-state index contributed by atoms with van der Waals surface area (Å²) in [5.74, 6) is 1.32. The highest BCUT2D eigenvalue weighted by Gasteiger charge is 2.25. The van der Waals surface area contributed by atoms with Gasteiger partial charge in [0.15, 0.2) is 0 Å². The summed E-state index contributed by atoms with van der Waals surface area (Å²) in [7, 11) is -2.83. The molecule has 1 aliphatic rings. The van der Waals surface area contributed by atoms with E-state index >= 15 is 0 Å². The Morgan fingerprint density at radius 1 is 1.37 bits per heavy atom. The summed E-state index contributed by atoms with van der Waals surface area (Å²) in [6, 6.07) is 0.366. The molecule has 2 heterocycles. The Hall–Kier alpha value is -1.24. The van der Waals surface area contributed by atoms with Crippen LogP contribution in [-0.2, 0) is 9.84 Å². The average Bonchev–Trinajstić information content (AvgIpc) is 2.60. The van der Waals surface area contributed by atoms with Crippen molar-refractivity contribution in [2.24, 2.45) is 0 Å². The van der Waals surface area contributed by atoms with E-state index < -0.39 is 9.84 Å². The third-order valence-corrected chi connectivity index (χ3v) is 5.23. The zero-order valence-corrected chi connectivity index (χ0v) is 12.5. The van der Waals surface area contributed by atoms with Crippen LogP contribution in [0.3, 0.4) is 0 Å². The number of anilines is 2. The number of hydrogen-bond donors (Lipinski definition) is 2. The van der Waals surface area contributed by atoms with Crippen LogP contribution in [-0.4, -0.2) is 35.7 Å². The van der Waals surface area contributed by atoms with Crippen LogP contribution >= 0.6 is 0 Å². The number of nitrogens with two attached hydrogens (primary N) is 1. The standard InChI is InChI=1S/C12H22N4O2S/c1-8(2)16-12(11(13)9(3)15-16)14-10-4-6-19(17,18)7-5-10/h8,10,14H,4-7,13H2,1-3H3. The molecule has 0 atom stereocenters. The van der Waals surface area contributed by atoms with Crippen molar-refractivity contribution in [2.75, 3.05) is 22.6 Å². The zero-order valence-electron chi connectivity index (χ0n) is 11.7. The molecule has 0 aliphatic carbocycles. The van der Waals surface area contributed by atoms with E-state index in [9.17, 15) is 8.42 Å². The Bertz CT molecular complexity index is 549. The summed E-state index contributed by atoms with van der Waals surface area (Å²) in [5.41, 5.74) is 7.51. The van der Waals surface area contributed by atoms with Crippen molar-refractivity contribution in [2.45, 2.75) is 45.7 Å². The van der Waals surface area contributed by atoms with Gasteiger partial charge in [-0.05, 0) is 33.6 Å². The van der Waals surface area contributed by atoms with Crippen molar-refractivity contribution >= 4 is 21.3 Å². The topological polar surface area (TPSA) is 90.0 Å². The van der Waals surface area contributed by atoms with Gasteiger partial charge in [-0.1, -0.05) is 0 Å². The van der Waals surface area contributed by atoms with Gasteiger partial charge in [-0.2, -0.15) is 5.10 Å². The monoisotopic (exact) mass is 286 g/mol. The van der Waals surface area contributed by atoms with Gasteiger partial charge >= 0.3 is 0 Å². The van der Waals surface area contributed by atoms with Crippen LogP contribution in [0.5, 0.6) is 0 Å². The van der Waals surface area contributed by atoms with Crippen molar-refractivity contribution in [3.05, 3.63) is 5.69 Å². The van der Waals surface area contributed by atoms with Gasteiger partial charge in [0.2, 0.25) is 0 Å². The van der Waals surface area contributed by atoms with Crippen LogP contribution in [0.25, 0.3) is 0 Å². The maximum absolute atomic E-state index is 11.4. The van der Waals surface area contributed by atoms with Crippen LogP contribution in [0.2, 0.25) is 0 Å².